The van der Waals surface area contributed by atoms with Crippen LogP contribution in [0.15, 0.2) is 30.9 Å². The lowest BCUT2D eigenvalue weighted by molar-refractivity contribution is 0.0159. The molecule has 0 bridgehead atoms. The predicted octanol–water partition coefficient (Wildman–Crippen LogP) is 3.44. The van der Waals surface area contributed by atoms with Crippen LogP contribution in [-0.2, 0) is 4.74 Å². The first-order valence-corrected chi connectivity index (χ1v) is 10.6. The Bertz CT molecular complexity index is 1210. The minimum atomic E-state index is -0.524. The Hall–Kier alpha value is -3.67. The molecule has 3 aromatic heterocycles. The molecule has 3 aromatic rings. The molecule has 0 aromatic carbocycles. The van der Waals surface area contributed by atoms with Crippen LogP contribution in [0.25, 0.3) is 16.9 Å². The highest BCUT2D eigenvalue weighted by atomic mass is 16.6. The van der Waals surface area contributed by atoms with Crippen molar-refractivity contribution in [2.24, 2.45) is 0 Å². The molecule has 1 aliphatic rings. The van der Waals surface area contributed by atoms with Crippen molar-refractivity contribution in [3.05, 3.63) is 42.0 Å². The number of hydrogen-bond acceptors (Lipinski definition) is 7. The number of pyridine rings is 1. The van der Waals surface area contributed by atoms with E-state index in [0.717, 1.165) is 22.4 Å². The molecular formula is C23H27N7O2. The number of aromatic nitrogens is 4. The van der Waals surface area contributed by atoms with Crippen molar-refractivity contribution in [1.29, 1.82) is 5.26 Å². The molecule has 1 unspecified atom stereocenters. The van der Waals surface area contributed by atoms with E-state index in [0.29, 0.717) is 31.0 Å². The average Bonchev–Trinajstić information content (AvgIpc) is 3.09. The number of carbonyl (C=O) groups is 1. The van der Waals surface area contributed by atoms with E-state index < -0.39 is 5.60 Å². The highest BCUT2D eigenvalue weighted by molar-refractivity contribution is 5.92. The normalized spacial score (nSPS) is 16.8. The second-order valence-corrected chi connectivity index (χ2v) is 9.06. The van der Waals surface area contributed by atoms with E-state index in [2.05, 4.69) is 25.9 Å². The summed E-state index contributed by atoms with van der Waals surface area (Å²) < 4.78 is 7.44. The van der Waals surface area contributed by atoms with E-state index in [4.69, 9.17) is 4.74 Å². The monoisotopic (exact) mass is 433 g/mol. The molecule has 1 aliphatic heterocycles. The van der Waals surface area contributed by atoms with Crippen LogP contribution in [0.4, 0.5) is 10.6 Å². The molecule has 166 valence electrons. The third-order valence-corrected chi connectivity index (χ3v) is 5.43. The SMILES string of the molecule is Cc1cn(-c2cc(C#N)ccn2)c2ncnc(N3CCN(C(=O)OC(C)(C)C)C(C)C3)c12. The van der Waals surface area contributed by atoms with Crippen molar-refractivity contribution < 1.29 is 9.53 Å². The average molecular weight is 434 g/mol. The summed E-state index contributed by atoms with van der Waals surface area (Å²) in [6.45, 7) is 11.5. The lowest BCUT2D eigenvalue weighted by Crippen LogP contribution is -2.55. The maximum absolute atomic E-state index is 12.6. The van der Waals surface area contributed by atoms with Gasteiger partial charge in [0.15, 0.2) is 5.65 Å². The second kappa shape index (κ2) is 8.11. The number of carbonyl (C=O) groups excluding carboxylic acids is 1. The van der Waals surface area contributed by atoms with Gasteiger partial charge in [0, 0.05) is 38.1 Å². The van der Waals surface area contributed by atoms with Gasteiger partial charge < -0.3 is 14.5 Å². The number of amides is 1. The molecule has 1 fully saturated rings. The smallest absolute Gasteiger partial charge is 0.410 e. The first kappa shape index (κ1) is 21.6. The fraction of sp³-hybridized carbons (Fsp3) is 0.435. The molecule has 0 saturated carbocycles. The Morgan fingerprint density at radius 3 is 2.72 bits per heavy atom. The van der Waals surface area contributed by atoms with Gasteiger partial charge in [0.25, 0.3) is 0 Å². The number of piperazine rings is 1. The van der Waals surface area contributed by atoms with Gasteiger partial charge in [0.2, 0.25) is 0 Å². The Morgan fingerprint density at radius 2 is 2.03 bits per heavy atom. The Labute approximate surface area is 187 Å². The topological polar surface area (TPSA) is 100 Å². The summed E-state index contributed by atoms with van der Waals surface area (Å²) >= 11 is 0. The predicted molar refractivity (Wildman–Crippen MR) is 121 cm³/mol. The largest absolute Gasteiger partial charge is 0.444 e. The highest BCUT2D eigenvalue weighted by Gasteiger charge is 2.32. The van der Waals surface area contributed by atoms with Crippen molar-refractivity contribution in [2.45, 2.75) is 46.3 Å². The fourth-order valence-corrected chi connectivity index (χ4v) is 4.00. The minimum absolute atomic E-state index is 0.0278. The molecule has 4 heterocycles. The van der Waals surface area contributed by atoms with Gasteiger partial charge in [0.05, 0.1) is 17.0 Å². The van der Waals surface area contributed by atoms with Gasteiger partial charge in [-0.05, 0) is 52.3 Å². The number of nitrogens with zero attached hydrogens (tertiary/aromatic N) is 7. The number of nitriles is 1. The van der Waals surface area contributed by atoms with E-state index in [-0.39, 0.29) is 12.1 Å². The number of aryl methyl sites for hydroxylation is 1. The van der Waals surface area contributed by atoms with Crippen LogP contribution in [0.3, 0.4) is 0 Å². The van der Waals surface area contributed by atoms with Crippen LogP contribution >= 0.6 is 0 Å². The van der Waals surface area contributed by atoms with Crippen molar-refractivity contribution in [1.82, 2.24) is 24.4 Å². The molecule has 0 spiro atoms. The molecule has 0 radical (unpaired) electrons. The van der Waals surface area contributed by atoms with Gasteiger partial charge in [-0.1, -0.05) is 0 Å². The molecule has 1 atom stereocenters. The second-order valence-electron chi connectivity index (χ2n) is 9.06. The van der Waals surface area contributed by atoms with E-state index in [1.807, 2.05) is 45.4 Å². The summed E-state index contributed by atoms with van der Waals surface area (Å²) in [5, 5.41) is 10.2. The molecule has 9 heteroatoms. The Kier molecular flexibility index (Phi) is 5.46. The van der Waals surface area contributed by atoms with Crippen LogP contribution in [0.1, 0.15) is 38.8 Å². The first-order chi connectivity index (χ1) is 15.2. The zero-order valence-corrected chi connectivity index (χ0v) is 19.0. The molecule has 32 heavy (non-hydrogen) atoms. The van der Waals surface area contributed by atoms with E-state index in [1.54, 1.807) is 29.6 Å². The van der Waals surface area contributed by atoms with Crippen molar-refractivity contribution in [2.75, 3.05) is 24.5 Å². The third-order valence-electron chi connectivity index (χ3n) is 5.43. The number of rotatable bonds is 2. The van der Waals surface area contributed by atoms with E-state index in [9.17, 15) is 10.1 Å². The first-order valence-electron chi connectivity index (χ1n) is 10.6. The van der Waals surface area contributed by atoms with Gasteiger partial charge in [0.1, 0.15) is 23.6 Å². The van der Waals surface area contributed by atoms with Gasteiger partial charge in [-0.25, -0.2) is 19.7 Å². The maximum atomic E-state index is 12.6. The molecule has 0 aliphatic carbocycles. The minimum Gasteiger partial charge on any atom is -0.444 e. The number of ether oxygens (including phenoxy) is 1. The molecule has 1 amide bonds. The Balaban J connectivity index is 1.64. The zero-order chi connectivity index (χ0) is 23.0. The van der Waals surface area contributed by atoms with Gasteiger partial charge in [-0.15, -0.1) is 0 Å². The van der Waals surface area contributed by atoms with Crippen LogP contribution in [-0.4, -0.2) is 61.8 Å². The fourth-order valence-electron chi connectivity index (χ4n) is 4.00. The lowest BCUT2D eigenvalue weighted by Gasteiger charge is -2.40. The summed E-state index contributed by atoms with van der Waals surface area (Å²) in [5.74, 6) is 1.47. The summed E-state index contributed by atoms with van der Waals surface area (Å²) in [6.07, 6.45) is 4.84. The van der Waals surface area contributed by atoms with E-state index in [1.165, 1.54) is 0 Å². The highest BCUT2D eigenvalue weighted by Crippen LogP contribution is 2.31. The number of anilines is 1. The molecule has 4 rings (SSSR count). The maximum Gasteiger partial charge on any atom is 0.410 e. The molecular weight excluding hydrogens is 406 g/mol. The molecule has 1 saturated heterocycles. The summed E-state index contributed by atoms with van der Waals surface area (Å²) in [5.41, 5.74) is 1.76. The summed E-state index contributed by atoms with van der Waals surface area (Å²) in [4.78, 5) is 30.0. The van der Waals surface area contributed by atoms with Crippen LogP contribution < -0.4 is 4.90 Å². The Morgan fingerprint density at radius 1 is 1.25 bits per heavy atom. The third kappa shape index (κ3) is 4.08. The zero-order valence-electron chi connectivity index (χ0n) is 19.0. The van der Waals surface area contributed by atoms with E-state index >= 15 is 0 Å². The van der Waals surface area contributed by atoms with Gasteiger partial charge >= 0.3 is 6.09 Å². The quantitative estimate of drug-likeness (QED) is 0.610. The standard InChI is InChI=1S/C23H27N7O2/c1-15-12-30(18-10-17(11-24)6-7-25-18)21-19(15)20(26-14-27-21)28-8-9-29(16(2)13-28)22(31)32-23(3,4)5/h6-7,10,12,14,16H,8-9,13H2,1-5H3. The van der Waals surface area contributed by atoms with Gasteiger partial charge in [-0.3, -0.25) is 4.57 Å². The van der Waals surface area contributed by atoms with Crippen LogP contribution in [0.5, 0.6) is 0 Å². The molecule has 0 N–H and O–H groups in total. The van der Waals surface area contributed by atoms with Crippen molar-refractivity contribution >= 4 is 22.9 Å². The lowest BCUT2D eigenvalue weighted by atomic mass is 10.1. The van der Waals surface area contributed by atoms with Crippen molar-refractivity contribution in [3.8, 4) is 11.9 Å². The van der Waals surface area contributed by atoms with Crippen LogP contribution in [0, 0.1) is 18.3 Å². The van der Waals surface area contributed by atoms with Crippen molar-refractivity contribution in [3.63, 3.8) is 0 Å². The number of fused-ring (bicyclic) bond motifs is 1. The van der Waals surface area contributed by atoms with Crippen LogP contribution in [0.2, 0.25) is 0 Å². The summed E-state index contributed by atoms with van der Waals surface area (Å²) in [6, 6.07) is 5.54. The summed E-state index contributed by atoms with van der Waals surface area (Å²) in [7, 11) is 0. The van der Waals surface area contributed by atoms with Gasteiger partial charge in [-0.2, -0.15) is 5.26 Å². The molecule has 9 nitrogen and oxygen atoms in total. The number of hydrogen-bond donors (Lipinski definition) is 0.